The molecule has 4 bridgehead atoms. The van der Waals surface area contributed by atoms with Gasteiger partial charge in [-0.05, 0) is 39.8 Å². The number of para-hydroxylation sites is 1. The molecule has 0 amide bonds. The molecule has 3 aliphatic carbocycles. The highest BCUT2D eigenvalue weighted by Gasteiger charge is 2.75. The van der Waals surface area contributed by atoms with Crippen LogP contribution in [0.15, 0.2) is 47.6 Å². The SMILES string of the molecule is CC(C)=CC[C@]12OC(C)(C)[C@H]3C[C@@]4(Oc5ccccc5C(=O)C4=C[C@H]31)C2=O. The van der Waals surface area contributed by atoms with E-state index in [-0.39, 0.29) is 23.4 Å². The van der Waals surface area contributed by atoms with E-state index in [9.17, 15) is 9.59 Å². The number of carbonyl (C=O) groups excluding carboxylic acids is 2. The molecule has 2 fully saturated rings. The van der Waals surface area contributed by atoms with Gasteiger partial charge in [-0.1, -0.05) is 29.9 Å². The lowest BCUT2D eigenvalue weighted by atomic mass is 9.53. The second kappa shape index (κ2) is 4.99. The van der Waals surface area contributed by atoms with Crippen molar-refractivity contribution in [1.82, 2.24) is 0 Å². The number of hydrogen-bond acceptors (Lipinski definition) is 4. The van der Waals surface area contributed by atoms with Gasteiger partial charge in [0, 0.05) is 30.3 Å². The van der Waals surface area contributed by atoms with E-state index in [4.69, 9.17) is 9.47 Å². The van der Waals surface area contributed by atoms with Crippen LogP contribution in [0.25, 0.3) is 0 Å². The fraction of sp³-hybridized carbons (Fsp3) is 0.478. The third kappa shape index (κ3) is 1.92. The third-order valence-corrected chi connectivity index (χ3v) is 6.82. The van der Waals surface area contributed by atoms with Gasteiger partial charge < -0.3 is 9.47 Å². The van der Waals surface area contributed by atoms with Gasteiger partial charge in [-0.2, -0.15) is 0 Å². The Morgan fingerprint density at radius 2 is 1.96 bits per heavy atom. The lowest BCUT2D eigenvalue weighted by Gasteiger charge is -2.53. The second-order valence-corrected chi connectivity index (χ2v) is 9.08. The first kappa shape index (κ1) is 16.9. The van der Waals surface area contributed by atoms with Crippen LogP contribution in [0.3, 0.4) is 0 Å². The molecule has 6 rings (SSSR count). The lowest BCUT2D eigenvalue weighted by Crippen LogP contribution is -2.68. The summed E-state index contributed by atoms with van der Waals surface area (Å²) in [6.07, 6.45) is 5.09. The van der Waals surface area contributed by atoms with Crippen LogP contribution in [0.2, 0.25) is 0 Å². The topological polar surface area (TPSA) is 52.6 Å². The molecule has 0 radical (unpaired) electrons. The number of benzene rings is 1. The summed E-state index contributed by atoms with van der Waals surface area (Å²) in [5.74, 6) is 0.389. The quantitative estimate of drug-likeness (QED) is 0.743. The fourth-order valence-corrected chi connectivity index (χ4v) is 5.59. The largest absolute Gasteiger partial charge is 0.474 e. The molecule has 0 unspecified atom stereocenters. The van der Waals surface area contributed by atoms with Crippen LogP contribution in [0.1, 0.15) is 50.9 Å². The van der Waals surface area contributed by atoms with Crippen molar-refractivity contribution < 1.29 is 19.1 Å². The molecule has 140 valence electrons. The average molecular weight is 364 g/mol. The zero-order chi connectivity index (χ0) is 19.2. The normalized spacial score (nSPS) is 37.3. The first-order valence-electron chi connectivity index (χ1n) is 9.65. The van der Waals surface area contributed by atoms with E-state index in [1.807, 2.05) is 32.1 Å². The molecule has 4 atom stereocenters. The van der Waals surface area contributed by atoms with Gasteiger partial charge in [-0.25, -0.2) is 0 Å². The van der Waals surface area contributed by atoms with Gasteiger partial charge >= 0.3 is 0 Å². The van der Waals surface area contributed by atoms with Gasteiger partial charge in [-0.3, -0.25) is 9.59 Å². The van der Waals surface area contributed by atoms with Crippen molar-refractivity contribution in [3.05, 3.63) is 53.1 Å². The monoisotopic (exact) mass is 364 g/mol. The van der Waals surface area contributed by atoms with E-state index in [0.717, 1.165) is 5.57 Å². The minimum atomic E-state index is -1.21. The lowest BCUT2D eigenvalue weighted by molar-refractivity contribution is -0.165. The van der Waals surface area contributed by atoms with Crippen LogP contribution in [0.4, 0.5) is 0 Å². The minimum absolute atomic E-state index is 0.0795. The van der Waals surface area contributed by atoms with Crippen molar-refractivity contribution >= 4 is 11.6 Å². The number of ketones is 2. The molecule has 4 nitrogen and oxygen atoms in total. The predicted octanol–water partition coefficient (Wildman–Crippen LogP) is 4.05. The number of ether oxygens (including phenoxy) is 2. The summed E-state index contributed by atoms with van der Waals surface area (Å²) in [6, 6.07) is 7.22. The molecule has 1 spiro atoms. The molecular formula is C23H24O4. The Hall–Kier alpha value is -2.20. The van der Waals surface area contributed by atoms with Crippen molar-refractivity contribution in [2.75, 3.05) is 0 Å². The van der Waals surface area contributed by atoms with Crippen molar-refractivity contribution in [2.24, 2.45) is 11.8 Å². The third-order valence-electron chi connectivity index (χ3n) is 6.82. The van der Waals surface area contributed by atoms with Crippen molar-refractivity contribution in [3.8, 4) is 5.75 Å². The van der Waals surface area contributed by atoms with Crippen molar-refractivity contribution in [1.29, 1.82) is 0 Å². The van der Waals surface area contributed by atoms with Gasteiger partial charge in [-0.15, -0.1) is 0 Å². The van der Waals surface area contributed by atoms with Crippen LogP contribution < -0.4 is 4.74 Å². The van der Waals surface area contributed by atoms with Gasteiger partial charge in [0.1, 0.15) is 11.4 Å². The smallest absolute Gasteiger partial charge is 0.213 e. The van der Waals surface area contributed by atoms with Crippen LogP contribution in [-0.2, 0) is 9.53 Å². The Morgan fingerprint density at radius 1 is 1.22 bits per heavy atom. The summed E-state index contributed by atoms with van der Waals surface area (Å²) in [6.45, 7) is 8.16. The molecule has 27 heavy (non-hydrogen) atoms. The molecule has 2 aliphatic heterocycles. The zero-order valence-electron chi connectivity index (χ0n) is 16.2. The van der Waals surface area contributed by atoms with Gasteiger partial charge in [0.05, 0.1) is 11.2 Å². The summed E-state index contributed by atoms with van der Waals surface area (Å²) in [7, 11) is 0. The van der Waals surface area contributed by atoms with Crippen molar-refractivity contribution in [2.45, 2.75) is 57.3 Å². The standard InChI is InChI=1S/C23H24O4/c1-13(2)9-10-22-15-11-16-19(24)14-7-5-6-8-18(14)26-23(16,20(22)25)12-17(15)21(3,4)27-22/h5-9,11,15,17H,10,12H2,1-4H3/t15-,17+,22+,23+/m1/s1. The van der Waals surface area contributed by atoms with Gasteiger partial charge in [0.25, 0.3) is 0 Å². The van der Waals surface area contributed by atoms with E-state index >= 15 is 0 Å². The van der Waals surface area contributed by atoms with E-state index in [0.29, 0.717) is 29.7 Å². The fourth-order valence-electron chi connectivity index (χ4n) is 5.59. The van der Waals surface area contributed by atoms with E-state index in [2.05, 4.69) is 19.9 Å². The Labute approximate surface area is 159 Å². The minimum Gasteiger partial charge on any atom is -0.474 e. The molecule has 0 aromatic heterocycles. The first-order valence-corrected chi connectivity index (χ1v) is 9.65. The molecule has 1 saturated carbocycles. The maximum absolute atomic E-state index is 13.9. The molecule has 5 aliphatic rings. The molecule has 0 N–H and O–H groups in total. The Bertz CT molecular complexity index is 949. The molecule has 2 heterocycles. The maximum atomic E-state index is 13.9. The second-order valence-electron chi connectivity index (χ2n) is 9.08. The summed E-state index contributed by atoms with van der Waals surface area (Å²) in [5, 5.41) is 0. The highest BCUT2D eigenvalue weighted by atomic mass is 16.6. The molecule has 1 saturated heterocycles. The predicted molar refractivity (Wildman–Crippen MR) is 101 cm³/mol. The van der Waals surface area contributed by atoms with Gasteiger partial charge in [0.15, 0.2) is 11.4 Å². The number of rotatable bonds is 2. The van der Waals surface area contributed by atoms with Crippen LogP contribution >= 0.6 is 0 Å². The summed E-state index contributed by atoms with van der Waals surface area (Å²) in [4.78, 5) is 27.1. The summed E-state index contributed by atoms with van der Waals surface area (Å²) in [5.41, 5.74) is -0.392. The van der Waals surface area contributed by atoms with E-state index in [1.165, 1.54) is 0 Å². The van der Waals surface area contributed by atoms with Crippen molar-refractivity contribution in [3.63, 3.8) is 0 Å². The van der Waals surface area contributed by atoms with E-state index < -0.39 is 16.8 Å². The van der Waals surface area contributed by atoms with Crippen LogP contribution in [-0.4, -0.2) is 28.4 Å². The molecule has 1 aromatic rings. The van der Waals surface area contributed by atoms with E-state index in [1.54, 1.807) is 12.1 Å². The highest BCUT2D eigenvalue weighted by Crippen LogP contribution is 2.64. The summed E-state index contributed by atoms with van der Waals surface area (Å²) >= 11 is 0. The maximum Gasteiger partial charge on any atom is 0.213 e. The number of hydrogen-bond donors (Lipinski definition) is 0. The number of carbonyl (C=O) groups is 2. The molecular weight excluding hydrogens is 340 g/mol. The Balaban J connectivity index is 1.73. The number of allylic oxidation sites excluding steroid dienone is 1. The summed E-state index contributed by atoms with van der Waals surface area (Å²) < 4.78 is 12.9. The Kier molecular flexibility index (Phi) is 3.13. The number of Topliss-reactive ketones (excluding diaryl/α,β-unsaturated/α-hetero) is 2. The van der Waals surface area contributed by atoms with Gasteiger partial charge in [0.2, 0.25) is 5.78 Å². The first-order chi connectivity index (χ1) is 12.7. The molecule has 4 heteroatoms. The average Bonchev–Trinajstić information content (AvgIpc) is 2.82. The zero-order valence-corrected chi connectivity index (χ0v) is 16.2. The van der Waals surface area contributed by atoms with Crippen LogP contribution in [0, 0.1) is 11.8 Å². The molecule has 1 aromatic carbocycles. The highest BCUT2D eigenvalue weighted by molar-refractivity contribution is 6.20. The number of fused-ring (bicyclic) bond motifs is 1. The Morgan fingerprint density at radius 3 is 2.70 bits per heavy atom. The van der Waals surface area contributed by atoms with Crippen LogP contribution in [0.5, 0.6) is 5.75 Å².